The van der Waals surface area contributed by atoms with Crippen LogP contribution in [0.5, 0.6) is 5.75 Å². The molecule has 0 saturated heterocycles. The lowest BCUT2D eigenvalue weighted by molar-refractivity contribution is 0.466. The van der Waals surface area contributed by atoms with Gasteiger partial charge in [-0.25, -0.2) is 4.98 Å². The van der Waals surface area contributed by atoms with Gasteiger partial charge in [-0.3, -0.25) is 0 Å². The van der Waals surface area contributed by atoms with Gasteiger partial charge in [0.1, 0.15) is 5.75 Å². The van der Waals surface area contributed by atoms with E-state index < -0.39 is 0 Å². The van der Waals surface area contributed by atoms with Crippen molar-refractivity contribution >= 4 is 48.2 Å². The number of anilines is 1. The largest absolute Gasteiger partial charge is 0.507 e. The molecule has 0 atom stereocenters. The zero-order chi connectivity index (χ0) is 18.4. The second-order valence-corrected chi connectivity index (χ2v) is 7.74. The highest BCUT2D eigenvalue weighted by Gasteiger charge is 2.11. The van der Waals surface area contributed by atoms with Gasteiger partial charge < -0.3 is 10.4 Å². The van der Waals surface area contributed by atoms with Crippen molar-refractivity contribution in [3.63, 3.8) is 0 Å². The van der Waals surface area contributed by atoms with Gasteiger partial charge in [0.05, 0.1) is 10.2 Å². The average Bonchev–Trinajstić information content (AvgIpc) is 3.13. The van der Waals surface area contributed by atoms with E-state index in [0.29, 0.717) is 12.3 Å². The van der Waals surface area contributed by atoms with Crippen LogP contribution in [0.25, 0.3) is 31.8 Å². The minimum atomic E-state index is 0.354. The van der Waals surface area contributed by atoms with Crippen LogP contribution in [0, 0.1) is 6.92 Å². The fraction of sp³-hybridized carbons (Fsp3) is 0.0870. The van der Waals surface area contributed by atoms with Crippen LogP contribution >= 0.6 is 11.3 Å². The number of hydrogen-bond donors (Lipinski definition) is 2. The summed E-state index contributed by atoms with van der Waals surface area (Å²) in [6, 6.07) is 22.7. The van der Waals surface area contributed by atoms with Crippen molar-refractivity contribution in [1.82, 2.24) is 4.98 Å². The number of aromatic hydroxyl groups is 1. The lowest BCUT2D eigenvalue weighted by Gasteiger charge is -2.11. The summed E-state index contributed by atoms with van der Waals surface area (Å²) in [5.74, 6) is 0.354. The summed E-state index contributed by atoms with van der Waals surface area (Å²) >= 11 is 1.66. The lowest BCUT2D eigenvalue weighted by Crippen LogP contribution is -2.00. The van der Waals surface area contributed by atoms with E-state index in [1.807, 2.05) is 31.2 Å². The van der Waals surface area contributed by atoms with Crippen LogP contribution < -0.4 is 5.32 Å². The summed E-state index contributed by atoms with van der Waals surface area (Å²) in [4.78, 5) is 4.72. The van der Waals surface area contributed by atoms with Gasteiger partial charge in [-0.1, -0.05) is 65.9 Å². The van der Waals surface area contributed by atoms with Gasteiger partial charge in [-0.15, -0.1) is 0 Å². The Bertz CT molecular complexity index is 1310. The first-order chi connectivity index (χ1) is 13.2. The fourth-order valence-electron chi connectivity index (χ4n) is 3.63. The second kappa shape index (κ2) is 6.25. The molecule has 4 aromatic carbocycles. The molecule has 0 amide bonds. The van der Waals surface area contributed by atoms with Gasteiger partial charge in [0.2, 0.25) is 0 Å². The molecule has 0 aliphatic heterocycles. The predicted octanol–water partition coefficient (Wildman–Crippen LogP) is 6.23. The van der Waals surface area contributed by atoms with Gasteiger partial charge in [0.15, 0.2) is 5.13 Å². The smallest absolute Gasteiger partial charge is 0.184 e. The lowest BCUT2D eigenvalue weighted by atomic mass is 10.0. The molecule has 0 unspecified atom stereocenters. The molecule has 4 heteroatoms. The second-order valence-electron chi connectivity index (χ2n) is 6.74. The van der Waals surface area contributed by atoms with Gasteiger partial charge >= 0.3 is 0 Å². The molecule has 0 bridgehead atoms. The SMILES string of the molecule is Cc1c(O)c(CNc2nc3ccc4ccccc4c3s2)cc2ccccc12. The molecule has 0 aliphatic rings. The first-order valence-electron chi connectivity index (χ1n) is 8.93. The standard InChI is InChI=1S/C23H18N2OS/c1-14-18-8-4-3-7-16(18)12-17(21(14)26)13-24-23-25-20-11-10-15-6-2-5-9-19(15)22(20)27-23/h2-12,26H,13H2,1H3,(H,24,25). The number of phenolic OH excluding ortho intramolecular Hbond substituents is 1. The molecule has 0 aliphatic carbocycles. The number of nitrogens with zero attached hydrogens (tertiary/aromatic N) is 1. The first kappa shape index (κ1) is 16.1. The fourth-order valence-corrected chi connectivity index (χ4v) is 4.62. The summed E-state index contributed by atoms with van der Waals surface area (Å²) in [7, 11) is 0. The Kier molecular flexibility index (Phi) is 3.73. The maximum Gasteiger partial charge on any atom is 0.184 e. The third-order valence-electron chi connectivity index (χ3n) is 5.06. The van der Waals surface area contributed by atoms with Gasteiger partial charge in [0.25, 0.3) is 0 Å². The third kappa shape index (κ3) is 2.69. The number of nitrogens with one attached hydrogen (secondary N) is 1. The molecule has 2 N–H and O–H groups in total. The van der Waals surface area contributed by atoms with Crippen LogP contribution in [0.3, 0.4) is 0 Å². The zero-order valence-corrected chi connectivity index (χ0v) is 15.7. The van der Waals surface area contributed by atoms with Crippen LogP contribution in [-0.2, 0) is 6.54 Å². The van der Waals surface area contributed by atoms with E-state index in [0.717, 1.165) is 32.5 Å². The van der Waals surface area contributed by atoms with Crippen LogP contribution in [0.1, 0.15) is 11.1 Å². The minimum Gasteiger partial charge on any atom is -0.507 e. The monoisotopic (exact) mass is 370 g/mol. The molecular formula is C23H18N2OS. The van der Waals surface area contributed by atoms with E-state index in [4.69, 9.17) is 4.98 Å². The number of fused-ring (bicyclic) bond motifs is 4. The van der Waals surface area contributed by atoms with E-state index in [9.17, 15) is 5.11 Å². The topological polar surface area (TPSA) is 45.1 Å². The normalized spacial score (nSPS) is 11.4. The summed E-state index contributed by atoms with van der Waals surface area (Å²) in [6.07, 6.45) is 0. The maximum atomic E-state index is 10.6. The van der Waals surface area contributed by atoms with Crippen molar-refractivity contribution in [3.8, 4) is 5.75 Å². The minimum absolute atomic E-state index is 0.354. The molecule has 1 heterocycles. The Hall–Kier alpha value is -3.11. The van der Waals surface area contributed by atoms with Crippen molar-refractivity contribution in [2.45, 2.75) is 13.5 Å². The molecular weight excluding hydrogens is 352 g/mol. The molecule has 3 nitrogen and oxygen atoms in total. The van der Waals surface area contributed by atoms with Gasteiger partial charge in [0, 0.05) is 17.5 Å². The quantitative estimate of drug-likeness (QED) is 0.396. The summed E-state index contributed by atoms with van der Waals surface area (Å²) in [5.41, 5.74) is 2.80. The van der Waals surface area contributed by atoms with E-state index in [2.05, 4.69) is 47.8 Å². The van der Waals surface area contributed by atoms with E-state index in [-0.39, 0.29) is 0 Å². The van der Waals surface area contributed by atoms with E-state index >= 15 is 0 Å². The highest BCUT2D eigenvalue weighted by Crippen LogP contribution is 2.34. The molecule has 5 aromatic rings. The van der Waals surface area contributed by atoms with Gasteiger partial charge in [-0.05, 0) is 40.8 Å². The number of aromatic nitrogens is 1. The molecule has 0 spiro atoms. The number of thiazole rings is 1. The van der Waals surface area contributed by atoms with Crippen LogP contribution in [0.2, 0.25) is 0 Å². The van der Waals surface area contributed by atoms with Crippen molar-refractivity contribution < 1.29 is 5.11 Å². The van der Waals surface area contributed by atoms with E-state index in [1.165, 1.54) is 15.5 Å². The Morgan fingerprint density at radius 3 is 2.52 bits per heavy atom. The Labute approximate surface area is 160 Å². The maximum absolute atomic E-state index is 10.6. The zero-order valence-electron chi connectivity index (χ0n) is 14.9. The van der Waals surface area contributed by atoms with Crippen LogP contribution in [0.4, 0.5) is 5.13 Å². The Morgan fingerprint density at radius 1 is 0.926 bits per heavy atom. The molecule has 0 fully saturated rings. The molecule has 1 aromatic heterocycles. The highest BCUT2D eigenvalue weighted by molar-refractivity contribution is 7.23. The number of benzene rings is 4. The molecule has 0 saturated carbocycles. The van der Waals surface area contributed by atoms with Crippen molar-refractivity contribution in [2.75, 3.05) is 5.32 Å². The predicted molar refractivity (Wildman–Crippen MR) is 115 cm³/mol. The Balaban J connectivity index is 1.50. The number of aryl methyl sites for hydroxylation is 1. The third-order valence-corrected chi connectivity index (χ3v) is 6.13. The Morgan fingerprint density at radius 2 is 1.67 bits per heavy atom. The van der Waals surface area contributed by atoms with Crippen molar-refractivity contribution in [2.24, 2.45) is 0 Å². The van der Waals surface area contributed by atoms with Crippen LogP contribution in [-0.4, -0.2) is 10.1 Å². The number of rotatable bonds is 3. The molecule has 132 valence electrons. The van der Waals surface area contributed by atoms with E-state index in [1.54, 1.807) is 11.3 Å². The number of hydrogen-bond acceptors (Lipinski definition) is 4. The molecule has 27 heavy (non-hydrogen) atoms. The van der Waals surface area contributed by atoms with Gasteiger partial charge in [-0.2, -0.15) is 0 Å². The number of phenols is 1. The van der Waals surface area contributed by atoms with Crippen molar-refractivity contribution in [3.05, 3.63) is 77.9 Å². The average molecular weight is 370 g/mol. The summed E-state index contributed by atoms with van der Waals surface area (Å²) < 4.78 is 1.19. The summed E-state index contributed by atoms with van der Waals surface area (Å²) in [5, 5.41) is 19.5. The summed E-state index contributed by atoms with van der Waals surface area (Å²) in [6.45, 7) is 2.50. The molecule has 5 rings (SSSR count). The highest BCUT2D eigenvalue weighted by atomic mass is 32.1. The molecule has 0 radical (unpaired) electrons. The van der Waals surface area contributed by atoms with Crippen molar-refractivity contribution in [1.29, 1.82) is 0 Å². The first-order valence-corrected chi connectivity index (χ1v) is 9.75. The van der Waals surface area contributed by atoms with Crippen LogP contribution in [0.15, 0.2) is 66.7 Å².